The minimum Gasteiger partial charge on any atom is -0.480 e. The number of thiophene rings is 1. The average molecular weight is 502 g/mol. The molecule has 6 N–H and O–H groups in total. The van der Waals surface area contributed by atoms with E-state index < -0.39 is 51.5 Å². The number of benzene rings is 1. The van der Waals surface area contributed by atoms with E-state index in [-0.39, 0.29) is 28.4 Å². The van der Waals surface area contributed by atoms with Gasteiger partial charge in [0.1, 0.15) is 22.5 Å². The monoisotopic (exact) mass is 501 g/mol. The van der Waals surface area contributed by atoms with Crippen molar-refractivity contribution in [3.05, 3.63) is 51.5 Å². The fourth-order valence-electron chi connectivity index (χ4n) is 2.59. The van der Waals surface area contributed by atoms with Crippen LogP contribution in [0.2, 0.25) is 0 Å². The first-order valence-corrected chi connectivity index (χ1v) is 11.6. The standard InChI is InChI=1S/C19H20FN3O8S2/c1-9(17(24)23-13(18(25)26)8-33(28,29)30)6-11-3-5-15(32-11)19(27)31-14-4-2-10(16(21)22)7-12(14)20/h2-5,7,9,13H,6,8H2,1H3,(H3,21,22)(H,23,24)(H,25,26)(H,28,29,30)/t9?,13-/m0/s1. The number of carbonyl (C=O) groups is 3. The van der Waals surface area contributed by atoms with Crippen molar-refractivity contribution in [1.29, 1.82) is 5.41 Å². The summed E-state index contributed by atoms with van der Waals surface area (Å²) in [5.74, 6) is -6.80. The van der Waals surface area contributed by atoms with Gasteiger partial charge in [-0.1, -0.05) is 6.92 Å². The largest absolute Gasteiger partial charge is 0.480 e. The molecular weight excluding hydrogens is 481 g/mol. The smallest absolute Gasteiger partial charge is 0.353 e. The van der Waals surface area contributed by atoms with E-state index in [4.69, 9.17) is 25.5 Å². The topological polar surface area (TPSA) is 197 Å². The number of hydrogen-bond acceptors (Lipinski definition) is 8. The van der Waals surface area contributed by atoms with Crippen molar-refractivity contribution in [3.8, 4) is 5.75 Å². The molecule has 0 radical (unpaired) electrons. The second-order valence-electron chi connectivity index (χ2n) is 6.97. The summed E-state index contributed by atoms with van der Waals surface area (Å²) in [5.41, 5.74) is 5.40. The molecule has 2 aromatic rings. The number of rotatable bonds is 10. The minimum absolute atomic E-state index is 0.0870. The van der Waals surface area contributed by atoms with Gasteiger partial charge in [-0.25, -0.2) is 14.0 Å². The van der Waals surface area contributed by atoms with Gasteiger partial charge < -0.3 is 20.9 Å². The number of esters is 1. The maximum absolute atomic E-state index is 14.1. The molecule has 1 unspecified atom stereocenters. The van der Waals surface area contributed by atoms with E-state index in [0.29, 0.717) is 4.88 Å². The van der Waals surface area contributed by atoms with E-state index >= 15 is 0 Å². The van der Waals surface area contributed by atoms with E-state index in [2.05, 4.69) is 0 Å². The molecule has 1 heterocycles. The van der Waals surface area contributed by atoms with Crippen LogP contribution in [0.3, 0.4) is 0 Å². The lowest BCUT2D eigenvalue weighted by atomic mass is 10.1. The molecule has 178 valence electrons. The summed E-state index contributed by atoms with van der Waals surface area (Å²) in [4.78, 5) is 36.3. The van der Waals surface area contributed by atoms with Crippen LogP contribution in [0.4, 0.5) is 4.39 Å². The van der Waals surface area contributed by atoms with Crippen LogP contribution in [0.5, 0.6) is 5.75 Å². The molecule has 1 amide bonds. The Labute approximate surface area is 191 Å². The maximum Gasteiger partial charge on any atom is 0.353 e. The zero-order valence-electron chi connectivity index (χ0n) is 17.1. The Morgan fingerprint density at radius 2 is 1.94 bits per heavy atom. The molecule has 0 bridgehead atoms. The number of halogens is 1. The highest BCUT2D eigenvalue weighted by molar-refractivity contribution is 7.85. The van der Waals surface area contributed by atoms with Crippen LogP contribution in [-0.4, -0.2) is 53.6 Å². The van der Waals surface area contributed by atoms with Crippen molar-refractivity contribution in [1.82, 2.24) is 5.32 Å². The first-order chi connectivity index (χ1) is 15.3. The lowest BCUT2D eigenvalue weighted by molar-refractivity contribution is -0.141. The van der Waals surface area contributed by atoms with Crippen LogP contribution in [0, 0.1) is 17.1 Å². The summed E-state index contributed by atoms with van der Waals surface area (Å²) >= 11 is 0.972. The van der Waals surface area contributed by atoms with Gasteiger partial charge in [0.15, 0.2) is 11.6 Å². The summed E-state index contributed by atoms with van der Waals surface area (Å²) in [5, 5.41) is 18.3. The number of nitrogens with one attached hydrogen (secondary N) is 2. The van der Waals surface area contributed by atoms with Gasteiger partial charge in [0.25, 0.3) is 10.1 Å². The van der Waals surface area contributed by atoms with Crippen molar-refractivity contribution >= 4 is 45.1 Å². The van der Waals surface area contributed by atoms with Crippen LogP contribution in [0.1, 0.15) is 27.0 Å². The second-order valence-corrected chi connectivity index (χ2v) is 9.63. The second kappa shape index (κ2) is 10.5. The molecule has 1 aromatic heterocycles. The number of amidine groups is 1. The van der Waals surface area contributed by atoms with Gasteiger partial charge in [-0.15, -0.1) is 11.3 Å². The SMILES string of the molecule is CC(Cc1ccc(C(=O)Oc2ccc(C(=N)N)cc2F)s1)C(=O)N[C@@H](CS(=O)(=O)O)C(=O)O. The van der Waals surface area contributed by atoms with Gasteiger partial charge in [0.05, 0.1) is 0 Å². The van der Waals surface area contributed by atoms with Crippen LogP contribution in [-0.2, 0) is 26.1 Å². The molecule has 0 aliphatic rings. The summed E-state index contributed by atoms with van der Waals surface area (Å²) in [7, 11) is -4.63. The number of ether oxygens (including phenoxy) is 1. The molecule has 0 aliphatic heterocycles. The molecule has 2 atom stereocenters. The molecule has 0 fully saturated rings. The highest BCUT2D eigenvalue weighted by Crippen LogP contribution is 2.24. The molecule has 1 aromatic carbocycles. The number of aliphatic carboxylic acids is 1. The van der Waals surface area contributed by atoms with Crippen LogP contribution in [0.15, 0.2) is 30.3 Å². The average Bonchev–Trinajstić information content (AvgIpc) is 3.16. The Balaban J connectivity index is 2.01. The van der Waals surface area contributed by atoms with Crippen molar-refractivity contribution < 1.29 is 41.6 Å². The normalized spacial score (nSPS) is 13.1. The summed E-state index contributed by atoms with van der Waals surface area (Å²) in [6.07, 6.45) is 0.0870. The molecule has 14 heteroatoms. The number of nitrogens with two attached hydrogens (primary N) is 1. The molecule has 0 spiro atoms. The van der Waals surface area contributed by atoms with E-state index in [1.54, 1.807) is 0 Å². The molecule has 2 rings (SSSR count). The van der Waals surface area contributed by atoms with Crippen LogP contribution >= 0.6 is 11.3 Å². The molecule has 0 saturated heterocycles. The predicted octanol–water partition coefficient (Wildman–Crippen LogP) is 1.03. The lowest BCUT2D eigenvalue weighted by Gasteiger charge is -2.16. The highest BCUT2D eigenvalue weighted by Gasteiger charge is 2.28. The molecule has 11 nitrogen and oxygen atoms in total. The Morgan fingerprint density at radius 3 is 2.48 bits per heavy atom. The molecular formula is C19H20FN3O8S2. The van der Waals surface area contributed by atoms with Crippen molar-refractivity contribution in [2.75, 3.05) is 5.75 Å². The van der Waals surface area contributed by atoms with Gasteiger partial charge in [0.2, 0.25) is 5.91 Å². The van der Waals surface area contributed by atoms with E-state index in [0.717, 1.165) is 23.5 Å². The van der Waals surface area contributed by atoms with Gasteiger partial charge >= 0.3 is 11.9 Å². The zero-order chi connectivity index (χ0) is 24.9. The predicted molar refractivity (Wildman–Crippen MR) is 116 cm³/mol. The van der Waals surface area contributed by atoms with Crippen molar-refractivity contribution in [2.45, 2.75) is 19.4 Å². The number of hydrogen-bond donors (Lipinski definition) is 5. The van der Waals surface area contributed by atoms with Crippen LogP contribution < -0.4 is 15.8 Å². The van der Waals surface area contributed by atoms with Gasteiger partial charge in [-0.2, -0.15) is 8.42 Å². The Bertz CT molecular complexity index is 1200. The quantitative estimate of drug-likeness (QED) is 0.104. The minimum atomic E-state index is -4.63. The first-order valence-electron chi connectivity index (χ1n) is 9.20. The zero-order valence-corrected chi connectivity index (χ0v) is 18.7. The first kappa shape index (κ1) is 25.9. The van der Waals surface area contributed by atoms with E-state index in [1.807, 2.05) is 5.32 Å². The van der Waals surface area contributed by atoms with Crippen molar-refractivity contribution in [3.63, 3.8) is 0 Å². The fraction of sp³-hybridized carbons (Fsp3) is 0.263. The summed E-state index contributed by atoms with van der Waals surface area (Å²) in [6, 6.07) is 4.56. The van der Waals surface area contributed by atoms with Crippen molar-refractivity contribution in [2.24, 2.45) is 11.7 Å². The number of amides is 1. The Hall–Kier alpha value is -3.36. The van der Waals surface area contributed by atoms with Crippen LogP contribution in [0.25, 0.3) is 0 Å². The Kier molecular flexibility index (Phi) is 8.24. The van der Waals surface area contributed by atoms with Gasteiger partial charge in [-0.3, -0.25) is 14.8 Å². The molecule has 0 saturated carbocycles. The lowest BCUT2D eigenvalue weighted by Crippen LogP contribution is -2.47. The third-order valence-corrected chi connectivity index (χ3v) is 6.10. The molecule has 0 aliphatic carbocycles. The number of nitrogen functional groups attached to an aromatic ring is 1. The summed E-state index contributed by atoms with van der Waals surface area (Å²) < 4.78 is 49.7. The Morgan fingerprint density at radius 1 is 1.27 bits per heavy atom. The molecule has 33 heavy (non-hydrogen) atoms. The van der Waals surface area contributed by atoms with Gasteiger partial charge in [-0.05, 0) is 36.8 Å². The van der Waals surface area contributed by atoms with E-state index in [1.165, 1.54) is 25.1 Å². The van der Waals surface area contributed by atoms with Gasteiger partial charge in [0, 0.05) is 16.4 Å². The summed E-state index contributed by atoms with van der Waals surface area (Å²) in [6.45, 7) is 1.46. The third-order valence-electron chi connectivity index (χ3n) is 4.26. The maximum atomic E-state index is 14.1. The number of carbonyl (C=O) groups excluding carboxylic acids is 2. The number of carboxylic acids is 1. The highest BCUT2D eigenvalue weighted by atomic mass is 32.2. The van der Waals surface area contributed by atoms with E-state index in [9.17, 15) is 27.2 Å². The number of carboxylic acid groups (broad SMARTS) is 1. The fourth-order valence-corrected chi connectivity index (χ4v) is 4.25. The third kappa shape index (κ3) is 7.62.